The molecule has 0 bridgehead atoms. The first kappa shape index (κ1) is 16.3. The first-order valence-electron chi connectivity index (χ1n) is 6.76. The van der Waals surface area contributed by atoms with E-state index in [1.807, 2.05) is 25.1 Å². The van der Waals surface area contributed by atoms with Crippen molar-refractivity contribution in [2.45, 2.75) is 27.3 Å². The van der Waals surface area contributed by atoms with Crippen LogP contribution in [0.4, 0.5) is 0 Å². The van der Waals surface area contributed by atoms with Crippen molar-refractivity contribution in [3.05, 3.63) is 28.8 Å². The topological polar surface area (TPSA) is 41.5 Å². The third kappa shape index (κ3) is 5.81. The summed E-state index contributed by atoms with van der Waals surface area (Å²) in [5, 5.41) is 13.0. The Morgan fingerprint density at radius 1 is 1.32 bits per heavy atom. The fourth-order valence-corrected chi connectivity index (χ4v) is 1.88. The third-order valence-corrected chi connectivity index (χ3v) is 3.04. The molecule has 0 amide bonds. The van der Waals surface area contributed by atoms with Crippen molar-refractivity contribution in [3.8, 4) is 5.75 Å². The highest BCUT2D eigenvalue weighted by Gasteiger charge is 2.10. The normalized spacial score (nSPS) is 12.7. The Morgan fingerprint density at radius 3 is 2.68 bits per heavy atom. The van der Waals surface area contributed by atoms with Crippen LogP contribution >= 0.6 is 11.6 Å². The summed E-state index contributed by atoms with van der Waals surface area (Å²) < 4.78 is 5.75. The van der Waals surface area contributed by atoms with Gasteiger partial charge in [0.25, 0.3) is 0 Å². The molecule has 0 saturated carbocycles. The highest BCUT2D eigenvalue weighted by Crippen LogP contribution is 2.29. The summed E-state index contributed by atoms with van der Waals surface area (Å²) in [6, 6.07) is 5.77. The maximum Gasteiger partial charge on any atom is 0.142 e. The van der Waals surface area contributed by atoms with Gasteiger partial charge in [0, 0.05) is 24.6 Å². The molecule has 0 aliphatic rings. The fourth-order valence-electron chi connectivity index (χ4n) is 1.63. The van der Waals surface area contributed by atoms with Crippen LogP contribution in [0, 0.1) is 11.8 Å². The number of ether oxygens (including phenoxy) is 1. The molecule has 0 heterocycles. The molecule has 1 atom stereocenters. The number of benzene rings is 1. The maximum atomic E-state index is 9.03. The van der Waals surface area contributed by atoms with Crippen molar-refractivity contribution in [3.63, 3.8) is 0 Å². The molecular weight excluding hydrogens is 262 g/mol. The molecule has 0 fully saturated rings. The number of hydrogen-bond acceptors (Lipinski definition) is 3. The highest BCUT2D eigenvalue weighted by atomic mass is 35.5. The lowest BCUT2D eigenvalue weighted by Gasteiger charge is -2.16. The van der Waals surface area contributed by atoms with Gasteiger partial charge in [-0.1, -0.05) is 44.5 Å². The second kappa shape index (κ2) is 8.41. The van der Waals surface area contributed by atoms with Crippen LogP contribution in [-0.4, -0.2) is 24.9 Å². The van der Waals surface area contributed by atoms with Gasteiger partial charge in [0.15, 0.2) is 0 Å². The Hall–Kier alpha value is -0.770. The van der Waals surface area contributed by atoms with E-state index < -0.39 is 0 Å². The van der Waals surface area contributed by atoms with Crippen molar-refractivity contribution in [1.29, 1.82) is 0 Å². The number of aliphatic hydroxyl groups is 1. The van der Waals surface area contributed by atoms with E-state index in [4.69, 9.17) is 21.4 Å². The number of halogens is 1. The molecule has 19 heavy (non-hydrogen) atoms. The summed E-state index contributed by atoms with van der Waals surface area (Å²) in [6.07, 6.45) is 0. The standard InChI is InChI=1S/C15H24ClNO2/c1-11(2)7-17-8-13-5-4-6-14(16)15(13)19-10-12(3)9-18/h4-6,11-12,17-18H,7-10H2,1-3H3. The average molecular weight is 286 g/mol. The highest BCUT2D eigenvalue weighted by molar-refractivity contribution is 6.32. The maximum absolute atomic E-state index is 9.03. The van der Waals surface area contributed by atoms with E-state index in [2.05, 4.69) is 19.2 Å². The van der Waals surface area contributed by atoms with E-state index in [-0.39, 0.29) is 12.5 Å². The Morgan fingerprint density at radius 2 is 2.05 bits per heavy atom. The first-order chi connectivity index (χ1) is 9.04. The van der Waals surface area contributed by atoms with Gasteiger partial charge in [-0.2, -0.15) is 0 Å². The summed E-state index contributed by atoms with van der Waals surface area (Å²) in [5.41, 5.74) is 1.05. The lowest BCUT2D eigenvalue weighted by molar-refractivity contribution is 0.173. The largest absolute Gasteiger partial charge is 0.491 e. The minimum Gasteiger partial charge on any atom is -0.491 e. The molecule has 3 nitrogen and oxygen atoms in total. The smallest absolute Gasteiger partial charge is 0.142 e. The van der Waals surface area contributed by atoms with Gasteiger partial charge in [-0.3, -0.25) is 0 Å². The SMILES string of the molecule is CC(C)CNCc1cccc(Cl)c1OCC(C)CO. The second-order valence-corrected chi connectivity index (χ2v) is 5.76. The summed E-state index contributed by atoms with van der Waals surface area (Å²) in [4.78, 5) is 0. The van der Waals surface area contributed by atoms with Crippen LogP contribution in [0.2, 0.25) is 5.02 Å². The number of para-hydroxylation sites is 1. The Balaban J connectivity index is 2.66. The minimum absolute atomic E-state index is 0.104. The van der Waals surface area contributed by atoms with Crippen LogP contribution < -0.4 is 10.1 Å². The lowest BCUT2D eigenvalue weighted by Crippen LogP contribution is -2.20. The van der Waals surface area contributed by atoms with E-state index in [0.717, 1.165) is 24.4 Å². The van der Waals surface area contributed by atoms with E-state index in [9.17, 15) is 0 Å². The van der Waals surface area contributed by atoms with Crippen LogP contribution in [-0.2, 0) is 6.54 Å². The van der Waals surface area contributed by atoms with Crippen molar-refractivity contribution < 1.29 is 9.84 Å². The number of nitrogens with one attached hydrogen (secondary N) is 1. The van der Waals surface area contributed by atoms with Crippen LogP contribution in [0.15, 0.2) is 18.2 Å². The van der Waals surface area contributed by atoms with Crippen molar-refractivity contribution in [1.82, 2.24) is 5.32 Å². The zero-order valence-electron chi connectivity index (χ0n) is 11.9. The Labute approximate surface area is 120 Å². The monoisotopic (exact) mass is 285 g/mol. The van der Waals surface area contributed by atoms with Crippen LogP contribution in [0.5, 0.6) is 5.75 Å². The van der Waals surface area contributed by atoms with Crippen LogP contribution in [0.1, 0.15) is 26.3 Å². The zero-order chi connectivity index (χ0) is 14.3. The summed E-state index contributed by atoms with van der Waals surface area (Å²) >= 11 is 6.18. The molecule has 0 spiro atoms. The second-order valence-electron chi connectivity index (χ2n) is 5.35. The number of aliphatic hydroxyl groups excluding tert-OH is 1. The van der Waals surface area contributed by atoms with E-state index in [1.54, 1.807) is 0 Å². The van der Waals surface area contributed by atoms with E-state index >= 15 is 0 Å². The van der Waals surface area contributed by atoms with Gasteiger partial charge >= 0.3 is 0 Å². The van der Waals surface area contributed by atoms with Crippen molar-refractivity contribution >= 4 is 11.6 Å². The van der Waals surface area contributed by atoms with Gasteiger partial charge in [-0.05, 0) is 18.5 Å². The number of rotatable bonds is 8. The molecule has 1 unspecified atom stereocenters. The molecule has 0 aromatic heterocycles. The first-order valence-corrected chi connectivity index (χ1v) is 7.14. The van der Waals surface area contributed by atoms with E-state index in [0.29, 0.717) is 17.5 Å². The summed E-state index contributed by atoms with van der Waals surface area (Å²) in [6.45, 7) is 8.56. The molecule has 0 aliphatic heterocycles. The molecule has 1 aromatic carbocycles. The fraction of sp³-hybridized carbons (Fsp3) is 0.600. The van der Waals surface area contributed by atoms with E-state index in [1.165, 1.54) is 0 Å². The quantitative estimate of drug-likeness (QED) is 0.771. The van der Waals surface area contributed by atoms with Crippen LogP contribution in [0.3, 0.4) is 0 Å². The van der Waals surface area contributed by atoms with Crippen molar-refractivity contribution in [2.75, 3.05) is 19.8 Å². The molecule has 1 rings (SSSR count). The van der Waals surface area contributed by atoms with Crippen molar-refractivity contribution in [2.24, 2.45) is 11.8 Å². The predicted molar refractivity (Wildman–Crippen MR) is 79.7 cm³/mol. The minimum atomic E-state index is 0.104. The van der Waals surface area contributed by atoms with Gasteiger partial charge in [0.05, 0.1) is 11.6 Å². The van der Waals surface area contributed by atoms with Gasteiger partial charge in [-0.25, -0.2) is 0 Å². The summed E-state index contributed by atoms with van der Waals surface area (Å²) in [7, 11) is 0. The number of hydrogen-bond donors (Lipinski definition) is 2. The average Bonchev–Trinajstić information content (AvgIpc) is 2.37. The molecule has 2 N–H and O–H groups in total. The Kier molecular flexibility index (Phi) is 7.21. The molecule has 108 valence electrons. The molecule has 1 aromatic rings. The zero-order valence-corrected chi connectivity index (χ0v) is 12.7. The molecule has 0 saturated heterocycles. The lowest BCUT2D eigenvalue weighted by atomic mass is 10.1. The summed E-state index contributed by atoms with van der Waals surface area (Å²) in [5.74, 6) is 1.44. The van der Waals surface area contributed by atoms with Gasteiger partial charge in [-0.15, -0.1) is 0 Å². The molecule has 0 aliphatic carbocycles. The van der Waals surface area contributed by atoms with Gasteiger partial charge in [0.1, 0.15) is 5.75 Å². The predicted octanol–water partition coefficient (Wildman–Crippen LogP) is 3.09. The molecule has 0 radical (unpaired) electrons. The van der Waals surface area contributed by atoms with Crippen LogP contribution in [0.25, 0.3) is 0 Å². The van der Waals surface area contributed by atoms with Gasteiger partial charge < -0.3 is 15.2 Å². The van der Waals surface area contributed by atoms with Gasteiger partial charge in [0.2, 0.25) is 0 Å². The molecule has 4 heteroatoms. The Bertz CT molecular complexity index is 382. The third-order valence-electron chi connectivity index (χ3n) is 2.74. The molecular formula is C15H24ClNO2.